The van der Waals surface area contributed by atoms with Gasteiger partial charge in [-0.15, -0.1) is 0 Å². The number of urea groups is 1. The van der Waals surface area contributed by atoms with Gasteiger partial charge in [0.05, 0.1) is 5.69 Å². The van der Waals surface area contributed by atoms with Crippen molar-refractivity contribution in [1.29, 1.82) is 0 Å². The SMILES string of the molecule is O=C1N(CC=Cc2ccccc2)C(=O)C2(CCN(Cc3cccc4ccccc34)CC2)N1Cc1ccc(-n2cccn2)cc1. The van der Waals surface area contributed by atoms with Gasteiger partial charge in [-0.25, -0.2) is 9.48 Å². The summed E-state index contributed by atoms with van der Waals surface area (Å²) in [6, 6.07) is 34.6. The third-order valence-electron chi connectivity index (χ3n) is 9.02. The molecule has 0 atom stereocenters. The summed E-state index contributed by atoms with van der Waals surface area (Å²) in [7, 11) is 0. The highest BCUT2D eigenvalue weighted by molar-refractivity contribution is 6.07. The molecule has 0 radical (unpaired) electrons. The topological polar surface area (TPSA) is 61.7 Å². The summed E-state index contributed by atoms with van der Waals surface area (Å²) in [5.41, 5.74) is 3.41. The van der Waals surface area contributed by atoms with Crippen LogP contribution >= 0.6 is 0 Å². The molecular weight excluding hydrogens is 546 g/mol. The van der Waals surface area contributed by atoms with Gasteiger partial charge in [-0.3, -0.25) is 14.6 Å². The van der Waals surface area contributed by atoms with Crippen molar-refractivity contribution in [2.24, 2.45) is 0 Å². The lowest BCUT2D eigenvalue weighted by atomic mass is 9.85. The molecule has 2 fully saturated rings. The Kier molecular flexibility index (Phi) is 7.54. The molecule has 2 saturated heterocycles. The summed E-state index contributed by atoms with van der Waals surface area (Å²) >= 11 is 0. The molecular formula is C37H35N5O2. The van der Waals surface area contributed by atoms with Gasteiger partial charge < -0.3 is 4.90 Å². The van der Waals surface area contributed by atoms with Crippen molar-refractivity contribution >= 4 is 28.8 Å². The van der Waals surface area contributed by atoms with Crippen molar-refractivity contribution < 1.29 is 9.59 Å². The fourth-order valence-electron chi connectivity index (χ4n) is 6.61. The second-order valence-electron chi connectivity index (χ2n) is 11.7. The van der Waals surface area contributed by atoms with Crippen LogP contribution in [0, 0.1) is 0 Å². The van der Waals surface area contributed by atoms with Crippen LogP contribution in [0.2, 0.25) is 0 Å². The van der Waals surface area contributed by atoms with E-state index in [1.54, 1.807) is 6.20 Å². The number of carbonyl (C=O) groups is 2. The molecule has 0 aliphatic carbocycles. The Hall–Kier alpha value is -5.01. The Morgan fingerprint density at radius 1 is 0.773 bits per heavy atom. The summed E-state index contributed by atoms with van der Waals surface area (Å²) in [4.78, 5) is 33.9. The fraction of sp³-hybridized carbons (Fsp3) is 0.216. The van der Waals surface area contributed by atoms with Gasteiger partial charge in [0.1, 0.15) is 5.54 Å². The third-order valence-corrected chi connectivity index (χ3v) is 9.02. The molecule has 7 nitrogen and oxygen atoms in total. The van der Waals surface area contributed by atoms with Crippen molar-refractivity contribution in [3.8, 4) is 5.69 Å². The van der Waals surface area contributed by atoms with Gasteiger partial charge >= 0.3 is 6.03 Å². The van der Waals surface area contributed by atoms with Crippen molar-refractivity contribution in [2.75, 3.05) is 19.6 Å². The quantitative estimate of drug-likeness (QED) is 0.195. The van der Waals surface area contributed by atoms with Crippen LogP contribution < -0.4 is 0 Å². The van der Waals surface area contributed by atoms with Gasteiger partial charge in [0.15, 0.2) is 0 Å². The fourth-order valence-corrected chi connectivity index (χ4v) is 6.61. The Balaban J connectivity index is 1.12. The maximum Gasteiger partial charge on any atom is 0.328 e. The maximum absolute atomic E-state index is 14.2. The lowest BCUT2D eigenvalue weighted by Gasteiger charge is -2.42. The first-order valence-corrected chi connectivity index (χ1v) is 15.2. The van der Waals surface area contributed by atoms with E-state index in [4.69, 9.17) is 0 Å². The number of nitrogens with zero attached hydrogens (tertiary/aromatic N) is 5. The van der Waals surface area contributed by atoms with Gasteiger partial charge in [-0.1, -0.05) is 97.1 Å². The number of rotatable bonds is 8. The monoisotopic (exact) mass is 581 g/mol. The number of fused-ring (bicyclic) bond motifs is 1. The molecule has 5 aromatic rings. The number of benzene rings is 4. The molecule has 0 saturated carbocycles. The smallest absolute Gasteiger partial charge is 0.305 e. The van der Waals surface area contributed by atoms with E-state index < -0.39 is 5.54 Å². The normalized spacial score (nSPS) is 17.0. The highest BCUT2D eigenvalue weighted by Crippen LogP contribution is 2.39. The Labute approximate surface area is 257 Å². The van der Waals surface area contributed by atoms with Gasteiger partial charge in [0, 0.05) is 45.1 Å². The Morgan fingerprint density at radius 2 is 1.52 bits per heavy atom. The van der Waals surface area contributed by atoms with Crippen LogP contribution in [0.15, 0.2) is 122 Å². The number of aromatic nitrogens is 2. The molecule has 7 heteroatoms. The number of likely N-dealkylation sites (tertiary alicyclic amines) is 1. The van der Waals surface area contributed by atoms with E-state index in [0.29, 0.717) is 19.4 Å². The van der Waals surface area contributed by atoms with Gasteiger partial charge in [0.25, 0.3) is 5.91 Å². The summed E-state index contributed by atoms with van der Waals surface area (Å²) in [5.74, 6) is -0.0850. The van der Waals surface area contributed by atoms with E-state index in [1.165, 1.54) is 21.2 Å². The van der Waals surface area contributed by atoms with Crippen LogP contribution in [0.1, 0.15) is 29.5 Å². The van der Waals surface area contributed by atoms with E-state index in [9.17, 15) is 9.59 Å². The highest BCUT2D eigenvalue weighted by atomic mass is 16.2. The van der Waals surface area contributed by atoms with Crippen molar-refractivity contribution in [2.45, 2.75) is 31.5 Å². The zero-order valence-electron chi connectivity index (χ0n) is 24.6. The highest BCUT2D eigenvalue weighted by Gasteiger charge is 2.57. The standard InChI is InChI=1S/C37H35N5O2/c43-35-37(20-25-39(26-21-37)28-32-14-6-13-31-12-4-5-15-34(31)32)41(27-30-16-18-33(19-17-30)42-24-8-22-38-42)36(44)40(35)23-7-11-29-9-2-1-3-10-29/h1-19,22,24H,20-21,23,25-28H2. The molecule has 1 aromatic heterocycles. The van der Waals surface area contributed by atoms with Crippen LogP contribution in [0.4, 0.5) is 4.79 Å². The first-order chi connectivity index (χ1) is 21.6. The van der Waals surface area contributed by atoms with Crippen LogP contribution in [-0.4, -0.2) is 61.6 Å². The summed E-state index contributed by atoms with van der Waals surface area (Å²) < 4.78 is 1.81. The lowest BCUT2D eigenvalue weighted by molar-refractivity contribution is -0.135. The van der Waals surface area contributed by atoms with E-state index in [-0.39, 0.29) is 18.5 Å². The molecule has 0 N–H and O–H groups in total. The van der Waals surface area contributed by atoms with Crippen molar-refractivity contribution in [3.05, 3.63) is 138 Å². The predicted octanol–water partition coefficient (Wildman–Crippen LogP) is 6.54. The minimum atomic E-state index is -0.854. The predicted molar refractivity (Wildman–Crippen MR) is 173 cm³/mol. The van der Waals surface area contributed by atoms with E-state index in [0.717, 1.165) is 36.4 Å². The number of carbonyl (C=O) groups excluding carboxylic acids is 2. The van der Waals surface area contributed by atoms with E-state index in [2.05, 4.69) is 52.5 Å². The molecule has 44 heavy (non-hydrogen) atoms. The van der Waals surface area contributed by atoms with Gasteiger partial charge in [0.2, 0.25) is 0 Å². The minimum Gasteiger partial charge on any atom is -0.305 e. The number of hydrogen-bond acceptors (Lipinski definition) is 4. The van der Waals surface area contributed by atoms with E-state index >= 15 is 0 Å². The molecule has 2 aliphatic heterocycles. The zero-order valence-corrected chi connectivity index (χ0v) is 24.6. The van der Waals surface area contributed by atoms with Crippen LogP contribution in [-0.2, 0) is 17.9 Å². The Morgan fingerprint density at radius 3 is 2.30 bits per heavy atom. The zero-order chi connectivity index (χ0) is 29.9. The van der Waals surface area contributed by atoms with Gasteiger partial charge in [-0.05, 0) is 58.5 Å². The molecule has 2 aliphatic rings. The number of hydrogen-bond donors (Lipinski definition) is 0. The molecule has 3 heterocycles. The second-order valence-corrected chi connectivity index (χ2v) is 11.7. The molecule has 0 unspecified atom stereocenters. The van der Waals surface area contributed by atoms with Gasteiger partial charge in [-0.2, -0.15) is 5.10 Å². The number of imide groups is 1. The average Bonchev–Trinajstić information content (AvgIpc) is 3.67. The summed E-state index contributed by atoms with van der Waals surface area (Å²) in [6.07, 6.45) is 8.74. The molecule has 3 amide bonds. The van der Waals surface area contributed by atoms with Crippen molar-refractivity contribution in [3.63, 3.8) is 0 Å². The summed E-state index contributed by atoms with van der Waals surface area (Å²) in [6.45, 7) is 2.93. The largest absolute Gasteiger partial charge is 0.328 e. The number of amides is 3. The molecule has 0 bridgehead atoms. The Bertz CT molecular complexity index is 1780. The second kappa shape index (κ2) is 11.9. The summed E-state index contributed by atoms with van der Waals surface area (Å²) in [5, 5.41) is 6.81. The molecule has 220 valence electrons. The van der Waals surface area contributed by atoms with E-state index in [1.807, 2.05) is 88.6 Å². The number of piperidine rings is 1. The van der Waals surface area contributed by atoms with Crippen LogP contribution in [0.3, 0.4) is 0 Å². The molecule has 1 spiro atoms. The first kappa shape index (κ1) is 27.8. The molecule has 7 rings (SSSR count). The molecule has 4 aromatic carbocycles. The maximum atomic E-state index is 14.2. The first-order valence-electron chi connectivity index (χ1n) is 15.2. The van der Waals surface area contributed by atoms with Crippen molar-refractivity contribution in [1.82, 2.24) is 24.5 Å². The van der Waals surface area contributed by atoms with Crippen LogP contribution in [0.5, 0.6) is 0 Å². The lowest BCUT2D eigenvalue weighted by Crippen LogP contribution is -2.56. The average molecular weight is 582 g/mol. The minimum absolute atomic E-state index is 0.0850. The van der Waals surface area contributed by atoms with Crippen LogP contribution in [0.25, 0.3) is 22.5 Å². The third kappa shape index (κ3) is 5.31.